The normalized spacial score (nSPS) is 13.8. The maximum atomic E-state index is 12.6. The molecule has 1 fully saturated rings. The minimum absolute atomic E-state index is 0.0231. The zero-order chi connectivity index (χ0) is 35.0. The average Bonchev–Trinajstić information content (AvgIpc) is 3.84. The van der Waals surface area contributed by atoms with E-state index in [1.54, 1.807) is 0 Å². The Balaban J connectivity index is 2.03. The lowest BCUT2D eigenvalue weighted by Gasteiger charge is -2.21. The third kappa shape index (κ3) is 26.7. The second-order valence-electron chi connectivity index (χ2n) is 15.3. The number of aliphatic hydroxyl groups is 1. The highest BCUT2D eigenvalue weighted by Gasteiger charge is 2.43. The molecule has 6 nitrogen and oxygen atoms in total. The van der Waals surface area contributed by atoms with Gasteiger partial charge >= 0.3 is 11.9 Å². The van der Waals surface area contributed by atoms with Crippen molar-refractivity contribution in [3.8, 4) is 0 Å². The second kappa shape index (κ2) is 31.8. The number of hydrogen-bond donors (Lipinski definition) is 1. The van der Waals surface area contributed by atoms with Crippen molar-refractivity contribution in [3.63, 3.8) is 0 Å². The van der Waals surface area contributed by atoms with E-state index in [1.165, 1.54) is 122 Å². The molecule has 1 aliphatic carbocycles. The Morgan fingerprint density at radius 3 is 1.69 bits per heavy atom. The van der Waals surface area contributed by atoms with Crippen molar-refractivity contribution in [2.24, 2.45) is 11.3 Å². The van der Waals surface area contributed by atoms with E-state index in [9.17, 15) is 14.7 Å². The first-order valence-corrected chi connectivity index (χ1v) is 21.1. The van der Waals surface area contributed by atoms with E-state index in [0.717, 1.165) is 76.9 Å². The molecule has 0 bridgehead atoms. The lowest BCUT2D eigenvalue weighted by Crippen LogP contribution is -2.29. The highest BCUT2D eigenvalue weighted by molar-refractivity contribution is 5.70. The van der Waals surface area contributed by atoms with Crippen LogP contribution in [0.15, 0.2) is 0 Å². The molecule has 0 radical (unpaired) electrons. The van der Waals surface area contributed by atoms with Crippen LogP contribution in [0, 0.1) is 11.3 Å². The van der Waals surface area contributed by atoms with Gasteiger partial charge in [0.05, 0.1) is 26.2 Å². The summed E-state index contributed by atoms with van der Waals surface area (Å²) in [6, 6.07) is 0. The first-order valence-electron chi connectivity index (χ1n) is 21.1. The van der Waals surface area contributed by atoms with Crippen molar-refractivity contribution in [1.82, 2.24) is 4.90 Å². The fourth-order valence-electron chi connectivity index (χ4n) is 7.13. The smallest absolute Gasteiger partial charge is 0.306 e. The largest absolute Gasteiger partial charge is 0.466 e. The fourth-order valence-corrected chi connectivity index (χ4v) is 7.13. The lowest BCUT2D eigenvalue weighted by molar-refractivity contribution is -0.145. The number of ether oxygens (including phenoxy) is 2. The van der Waals surface area contributed by atoms with Gasteiger partial charge in [0, 0.05) is 13.0 Å². The van der Waals surface area contributed by atoms with Gasteiger partial charge in [-0.25, -0.2) is 0 Å². The maximum Gasteiger partial charge on any atom is 0.306 e. The predicted octanol–water partition coefficient (Wildman–Crippen LogP) is 11.4. The third-order valence-electron chi connectivity index (χ3n) is 10.6. The zero-order valence-corrected chi connectivity index (χ0v) is 32.4. The molecule has 0 unspecified atom stereocenters. The van der Waals surface area contributed by atoms with Crippen molar-refractivity contribution >= 4 is 11.9 Å². The van der Waals surface area contributed by atoms with Crippen LogP contribution < -0.4 is 0 Å². The SMILES string of the molecule is CCCCCCCCCC(=O)OCCCCCCCN(CCO)CCCCCC1(CC(=O)OCCCCC(CCCC)CCCC)CC1. The number of carbonyl (C=O) groups is 2. The van der Waals surface area contributed by atoms with Gasteiger partial charge in [0.2, 0.25) is 0 Å². The van der Waals surface area contributed by atoms with Gasteiger partial charge in [0.15, 0.2) is 0 Å². The Kier molecular flexibility index (Phi) is 29.7. The van der Waals surface area contributed by atoms with Gasteiger partial charge in [0.1, 0.15) is 0 Å². The van der Waals surface area contributed by atoms with E-state index < -0.39 is 0 Å². The van der Waals surface area contributed by atoms with Crippen molar-refractivity contribution in [2.45, 2.75) is 207 Å². The molecule has 0 spiro atoms. The number of aliphatic hydroxyl groups excluding tert-OH is 1. The van der Waals surface area contributed by atoms with Crippen LogP contribution >= 0.6 is 0 Å². The van der Waals surface area contributed by atoms with Crippen LogP contribution in [-0.4, -0.2) is 61.4 Å². The average molecular weight is 680 g/mol. The van der Waals surface area contributed by atoms with Crippen LogP contribution in [0.4, 0.5) is 0 Å². The number of carbonyl (C=O) groups excluding carboxylic acids is 2. The summed E-state index contributed by atoms with van der Waals surface area (Å²) in [5.41, 5.74) is 0.221. The molecule has 1 saturated carbocycles. The van der Waals surface area contributed by atoms with Crippen molar-refractivity contribution in [2.75, 3.05) is 39.5 Å². The highest BCUT2D eigenvalue weighted by atomic mass is 16.5. The Hall–Kier alpha value is -1.14. The molecule has 0 aromatic carbocycles. The molecule has 0 aromatic rings. The van der Waals surface area contributed by atoms with Crippen LogP contribution in [0.25, 0.3) is 0 Å². The van der Waals surface area contributed by atoms with Gasteiger partial charge in [-0.1, -0.05) is 136 Å². The highest BCUT2D eigenvalue weighted by Crippen LogP contribution is 2.53. The summed E-state index contributed by atoms with van der Waals surface area (Å²) < 4.78 is 11.1. The second-order valence-corrected chi connectivity index (χ2v) is 15.3. The van der Waals surface area contributed by atoms with Gasteiger partial charge in [-0.3, -0.25) is 9.59 Å². The van der Waals surface area contributed by atoms with E-state index in [-0.39, 0.29) is 24.0 Å². The molecule has 0 heterocycles. The number of hydrogen-bond acceptors (Lipinski definition) is 6. The summed E-state index contributed by atoms with van der Waals surface area (Å²) in [5, 5.41) is 9.55. The van der Waals surface area contributed by atoms with Crippen LogP contribution in [0.2, 0.25) is 0 Å². The summed E-state index contributed by atoms with van der Waals surface area (Å²) in [7, 11) is 0. The topological polar surface area (TPSA) is 76.1 Å². The molecule has 1 rings (SSSR count). The molecule has 0 atom stereocenters. The minimum atomic E-state index is -0.0252. The fraction of sp³-hybridized carbons (Fsp3) is 0.952. The Labute approximate surface area is 298 Å². The molecule has 1 N–H and O–H groups in total. The molecule has 48 heavy (non-hydrogen) atoms. The standard InChI is InChI=1S/C42H81NO5/c1-4-7-10-11-12-14-18-28-40(45)47-36-23-16-13-15-21-32-43(34-35-44)33-22-17-20-29-42(30-31-42)38-41(46)48-37-24-19-27-39(25-8-5-2)26-9-6-3/h39,44H,4-38H2,1-3H3. The van der Waals surface area contributed by atoms with Gasteiger partial charge in [-0.2, -0.15) is 0 Å². The maximum absolute atomic E-state index is 12.6. The van der Waals surface area contributed by atoms with E-state index in [4.69, 9.17) is 9.47 Å². The zero-order valence-electron chi connectivity index (χ0n) is 32.4. The molecule has 6 heteroatoms. The van der Waals surface area contributed by atoms with Crippen molar-refractivity contribution < 1.29 is 24.2 Å². The molecule has 0 saturated heterocycles. The molecule has 0 amide bonds. The molecule has 0 aromatic heterocycles. The van der Waals surface area contributed by atoms with Crippen LogP contribution in [0.3, 0.4) is 0 Å². The van der Waals surface area contributed by atoms with Crippen LogP contribution in [0.1, 0.15) is 207 Å². The number of rotatable bonds is 37. The van der Waals surface area contributed by atoms with E-state index in [1.807, 2.05) is 0 Å². The van der Waals surface area contributed by atoms with Gasteiger partial charge in [-0.15, -0.1) is 0 Å². The number of unbranched alkanes of at least 4 members (excludes halogenated alkanes) is 15. The van der Waals surface area contributed by atoms with Crippen LogP contribution in [-0.2, 0) is 19.1 Å². The summed E-state index contributed by atoms with van der Waals surface area (Å²) in [5.74, 6) is 0.855. The van der Waals surface area contributed by atoms with E-state index in [0.29, 0.717) is 26.1 Å². The lowest BCUT2D eigenvalue weighted by atomic mass is 9.91. The number of nitrogens with zero attached hydrogens (tertiary/aromatic N) is 1. The summed E-state index contributed by atoms with van der Waals surface area (Å²) in [6.07, 6.45) is 33.8. The monoisotopic (exact) mass is 680 g/mol. The van der Waals surface area contributed by atoms with Gasteiger partial charge < -0.3 is 19.5 Å². The summed E-state index contributed by atoms with van der Waals surface area (Å²) in [6.45, 7) is 11.0. The van der Waals surface area contributed by atoms with Crippen LogP contribution in [0.5, 0.6) is 0 Å². The minimum Gasteiger partial charge on any atom is -0.466 e. The van der Waals surface area contributed by atoms with Crippen molar-refractivity contribution in [1.29, 1.82) is 0 Å². The third-order valence-corrected chi connectivity index (χ3v) is 10.6. The van der Waals surface area contributed by atoms with Gasteiger partial charge in [-0.05, 0) is 82.2 Å². The molecule has 1 aliphatic rings. The predicted molar refractivity (Wildman–Crippen MR) is 202 cm³/mol. The quantitative estimate of drug-likeness (QED) is 0.0520. The Bertz CT molecular complexity index is 732. The van der Waals surface area contributed by atoms with E-state index >= 15 is 0 Å². The van der Waals surface area contributed by atoms with Gasteiger partial charge in [0.25, 0.3) is 0 Å². The first-order chi connectivity index (χ1) is 23.5. The summed E-state index contributed by atoms with van der Waals surface area (Å²) in [4.78, 5) is 26.9. The van der Waals surface area contributed by atoms with E-state index in [2.05, 4.69) is 25.7 Å². The first kappa shape index (κ1) is 44.9. The van der Waals surface area contributed by atoms with Crippen molar-refractivity contribution in [3.05, 3.63) is 0 Å². The summed E-state index contributed by atoms with van der Waals surface area (Å²) >= 11 is 0. The Morgan fingerprint density at radius 1 is 0.583 bits per heavy atom. The molecule has 0 aliphatic heterocycles. The Morgan fingerprint density at radius 2 is 1.08 bits per heavy atom. The molecular weight excluding hydrogens is 598 g/mol. The number of esters is 2. The molecular formula is C42H81NO5. The molecule has 284 valence electrons.